The Morgan fingerprint density at radius 2 is 1.65 bits per heavy atom. The summed E-state index contributed by atoms with van der Waals surface area (Å²) in [4.78, 5) is 2.17. The van der Waals surface area contributed by atoms with Gasteiger partial charge in [-0.2, -0.15) is 0 Å². The van der Waals surface area contributed by atoms with Crippen LogP contribution in [-0.4, -0.2) is 17.3 Å². The highest BCUT2D eigenvalue weighted by molar-refractivity contribution is 7.99. The maximum atomic E-state index is 5.48. The quantitative estimate of drug-likeness (QED) is 0.426. The molecule has 0 saturated heterocycles. The molecule has 0 bridgehead atoms. The molecule has 2 aromatic carbocycles. The lowest BCUT2D eigenvalue weighted by molar-refractivity contribution is 0.590. The molecule has 0 radical (unpaired) electrons. The summed E-state index contributed by atoms with van der Waals surface area (Å²) in [5.74, 6) is 1.10. The zero-order valence-corrected chi connectivity index (χ0v) is 15.8. The first-order chi connectivity index (χ1) is 11.0. The molecule has 2 rings (SSSR count). The van der Waals surface area contributed by atoms with Crippen LogP contribution in [0.2, 0.25) is 0 Å². The maximum absolute atomic E-state index is 5.48. The Kier molecular flexibility index (Phi) is 6.67. The smallest absolute Gasteiger partial charge is 0.106 e. The van der Waals surface area contributed by atoms with Crippen molar-refractivity contribution in [1.29, 1.82) is 0 Å². The van der Waals surface area contributed by atoms with Gasteiger partial charge in [0, 0.05) is 17.0 Å². The van der Waals surface area contributed by atoms with Crippen molar-refractivity contribution >= 4 is 29.0 Å². The number of benzene rings is 2. The monoisotopic (exact) mass is 343 g/mol. The van der Waals surface area contributed by atoms with E-state index < -0.39 is 0 Å². The van der Waals surface area contributed by atoms with E-state index in [-0.39, 0.29) is 5.41 Å². The van der Waals surface area contributed by atoms with E-state index in [2.05, 4.69) is 80.7 Å². The van der Waals surface area contributed by atoms with Crippen molar-refractivity contribution in [2.75, 3.05) is 12.3 Å². The predicted molar refractivity (Wildman–Crippen MR) is 107 cm³/mol. The Labute approximate surface area is 149 Å². The topological polar surface area (TPSA) is 12.0 Å². The van der Waals surface area contributed by atoms with Crippen LogP contribution in [0.4, 0.5) is 0 Å². The first-order valence-electron chi connectivity index (χ1n) is 8.03. The number of thiocarbonyl (C=S) groups is 1. The molecule has 0 unspecified atom stereocenters. The average Bonchev–Trinajstić information content (AvgIpc) is 2.54. The van der Waals surface area contributed by atoms with Crippen LogP contribution in [0, 0.1) is 0 Å². The van der Waals surface area contributed by atoms with Crippen LogP contribution >= 0.6 is 24.0 Å². The van der Waals surface area contributed by atoms with Gasteiger partial charge in [-0.05, 0) is 35.3 Å². The zero-order chi connectivity index (χ0) is 16.7. The summed E-state index contributed by atoms with van der Waals surface area (Å²) in [5, 5.41) is 3.36. The molecule has 0 atom stereocenters. The lowest BCUT2D eigenvalue weighted by atomic mass is 9.87. The third kappa shape index (κ3) is 6.00. The third-order valence-corrected chi connectivity index (χ3v) is 5.11. The van der Waals surface area contributed by atoms with Crippen molar-refractivity contribution in [2.45, 2.75) is 37.5 Å². The summed E-state index contributed by atoms with van der Waals surface area (Å²) < 4.78 is 0. The second-order valence-corrected chi connectivity index (χ2v) is 8.17. The highest BCUT2D eigenvalue weighted by Crippen LogP contribution is 2.22. The van der Waals surface area contributed by atoms with Crippen LogP contribution < -0.4 is 5.32 Å². The summed E-state index contributed by atoms with van der Waals surface area (Å²) in [6.07, 6.45) is 1.10. The Morgan fingerprint density at radius 3 is 2.26 bits per heavy atom. The van der Waals surface area contributed by atoms with Crippen molar-refractivity contribution in [1.82, 2.24) is 5.32 Å². The van der Waals surface area contributed by atoms with E-state index in [0.29, 0.717) is 0 Å². The van der Waals surface area contributed by atoms with Gasteiger partial charge in [0.05, 0.1) is 0 Å². The van der Waals surface area contributed by atoms with E-state index >= 15 is 0 Å². The molecule has 0 heterocycles. The first-order valence-corrected chi connectivity index (χ1v) is 9.43. The molecule has 122 valence electrons. The number of thioether (sulfide) groups is 1. The van der Waals surface area contributed by atoms with E-state index in [1.165, 1.54) is 10.5 Å². The van der Waals surface area contributed by atoms with E-state index in [1.54, 1.807) is 0 Å². The van der Waals surface area contributed by atoms with Gasteiger partial charge in [-0.25, -0.2) is 0 Å². The standard InChI is InChI=1S/C20H25NS2/c1-20(2,3)17-12-10-16(11-13-17)19(22)21-14-7-15-23-18-8-5-4-6-9-18/h4-6,8-13H,7,14-15H2,1-3H3,(H,21,22). The van der Waals surface area contributed by atoms with Gasteiger partial charge in [-0.15, -0.1) is 11.8 Å². The fourth-order valence-electron chi connectivity index (χ4n) is 2.20. The van der Waals surface area contributed by atoms with Crippen molar-refractivity contribution in [2.24, 2.45) is 0 Å². The van der Waals surface area contributed by atoms with Crippen LogP contribution in [0.5, 0.6) is 0 Å². The van der Waals surface area contributed by atoms with Gasteiger partial charge in [-0.3, -0.25) is 0 Å². The van der Waals surface area contributed by atoms with Gasteiger partial charge in [0.15, 0.2) is 0 Å². The summed E-state index contributed by atoms with van der Waals surface area (Å²) in [7, 11) is 0. The van der Waals surface area contributed by atoms with Crippen LogP contribution in [0.15, 0.2) is 59.5 Å². The molecule has 0 spiro atoms. The molecule has 23 heavy (non-hydrogen) atoms. The first kappa shape index (κ1) is 18.0. The SMILES string of the molecule is CC(C)(C)c1ccc(C(=S)NCCCSc2ccccc2)cc1. The molecule has 0 aliphatic heterocycles. The van der Waals surface area contributed by atoms with E-state index in [0.717, 1.165) is 29.3 Å². The van der Waals surface area contributed by atoms with Crippen LogP contribution in [0.3, 0.4) is 0 Å². The fraction of sp³-hybridized carbons (Fsp3) is 0.350. The Balaban J connectivity index is 1.72. The third-order valence-electron chi connectivity index (χ3n) is 3.63. The molecular formula is C20H25NS2. The molecule has 0 amide bonds. The molecule has 0 aliphatic carbocycles. The molecule has 1 nitrogen and oxygen atoms in total. The van der Waals surface area contributed by atoms with Crippen LogP contribution in [0.25, 0.3) is 0 Å². The number of rotatable bonds is 6. The largest absolute Gasteiger partial charge is 0.376 e. The van der Waals surface area contributed by atoms with E-state index in [1.807, 2.05) is 11.8 Å². The molecule has 3 heteroatoms. The molecule has 0 fully saturated rings. The number of hydrogen-bond acceptors (Lipinski definition) is 2. The minimum Gasteiger partial charge on any atom is -0.376 e. The molecular weight excluding hydrogens is 318 g/mol. The van der Waals surface area contributed by atoms with Crippen molar-refractivity contribution in [3.05, 3.63) is 65.7 Å². The Hall–Kier alpha value is -1.32. The van der Waals surface area contributed by atoms with Crippen molar-refractivity contribution in [3.63, 3.8) is 0 Å². The van der Waals surface area contributed by atoms with Gasteiger partial charge in [0.2, 0.25) is 0 Å². The lowest BCUT2D eigenvalue weighted by Gasteiger charge is -2.19. The summed E-state index contributed by atoms with van der Waals surface area (Å²) in [6, 6.07) is 19.1. The minimum absolute atomic E-state index is 0.183. The number of hydrogen-bond donors (Lipinski definition) is 1. The zero-order valence-electron chi connectivity index (χ0n) is 14.1. The van der Waals surface area contributed by atoms with Crippen LogP contribution in [0.1, 0.15) is 38.3 Å². The van der Waals surface area contributed by atoms with Gasteiger partial charge in [0.25, 0.3) is 0 Å². The van der Waals surface area contributed by atoms with Crippen LogP contribution in [-0.2, 0) is 5.41 Å². The van der Waals surface area contributed by atoms with Gasteiger partial charge in [0.1, 0.15) is 4.99 Å². The average molecular weight is 344 g/mol. The van der Waals surface area contributed by atoms with E-state index in [4.69, 9.17) is 12.2 Å². The van der Waals surface area contributed by atoms with Crippen molar-refractivity contribution < 1.29 is 0 Å². The van der Waals surface area contributed by atoms with Gasteiger partial charge >= 0.3 is 0 Å². The molecule has 0 aromatic heterocycles. The van der Waals surface area contributed by atoms with Gasteiger partial charge in [-0.1, -0.05) is 75.5 Å². The summed E-state index contributed by atoms with van der Waals surface area (Å²) in [6.45, 7) is 7.59. The maximum Gasteiger partial charge on any atom is 0.106 e. The second kappa shape index (κ2) is 8.51. The normalized spacial score (nSPS) is 11.3. The molecule has 0 aliphatic rings. The van der Waals surface area contributed by atoms with Gasteiger partial charge < -0.3 is 5.32 Å². The fourth-order valence-corrected chi connectivity index (χ4v) is 3.32. The number of nitrogens with one attached hydrogen (secondary N) is 1. The predicted octanol–water partition coefficient (Wildman–Crippen LogP) is 5.43. The summed E-state index contributed by atoms with van der Waals surface area (Å²) in [5.41, 5.74) is 2.62. The Morgan fingerprint density at radius 1 is 1.00 bits per heavy atom. The minimum atomic E-state index is 0.183. The van der Waals surface area contributed by atoms with E-state index in [9.17, 15) is 0 Å². The Bertz CT molecular complexity index is 612. The highest BCUT2D eigenvalue weighted by atomic mass is 32.2. The molecule has 0 saturated carbocycles. The summed E-state index contributed by atoms with van der Waals surface area (Å²) >= 11 is 7.37. The van der Waals surface area contributed by atoms with Crippen molar-refractivity contribution in [3.8, 4) is 0 Å². The molecule has 2 aromatic rings. The second-order valence-electron chi connectivity index (χ2n) is 6.60. The lowest BCUT2D eigenvalue weighted by Crippen LogP contribution is -2.24. The molecule has 1 N–H and O–H groups in total. The highest BCUT2D eigenvalue weighted by Gasteiger charge is 2.13.